The Morgan fingerprint density at radius 1 is 1.28 bits per heavy atom. The highest BCUT2D eigenvalue weighted by atomic mass is 79.9. The molecular formula is C13H18BrN3O. The minimum atomic E-state index is -0.146. The number of nitrogens with two attached hydrogens (primary N) is 1. The average molecular weight is 312 g/mol. The lowest BCUT2D eigenvalue weighted by Crippen LogP contribution is -2.39. The quantitative estimate of drug-likeness (QED) is 0.732. The van der Waals surface area contributed by atoms with Gasteiger partial charge in [-0.15, -0.1) is 0 Å². The molecule has 0 bridgehead atoms. The second-order valence-corrected chi connectivity index (χ2v) is 5.53. The molecule has 1 aromatic carbocycles. The van der Waals surface area contributed by atoms with Crippen molar-refractivity contribution in [3.8, 4) is 0 Å². The zero-order valence-electron chi connectivity index (χ0n) is 10.2. The Balaban J connectivity index is 1.90. The molecule has 4 nitrogen and oxygen atoms in total. The molecule has 1 saturated carbocycles. The maximum absolute atomic E-state index is 11.8. The number of anilines is 2. The Bertz CT molecular complexity index is 430. The van der Waals surface area contributed by atoms with Gasteiger partial charge < -0.3 is 16.4 Å². The van der Waals surface area contributed by atoms with Crippen LogP contribution in [0.5, 0.6) is 0 Å². The van der Waals surface area contributed by atoms with Gasteiger partial charge >= 0.3 is 6.03 Å². The first-order chi connectivity index (χ1) is 8.65. The standard InChI is InChI=1S/C13H18BrN3O/c14-11-8-9(15)6-7-12(11)17-13(18)16-10-4-2-1-3-5-10/h6-8,10H,1-5,15H2,(H2,16,17,18). The third-order valence-corrected chi connectivity index (χ3v) is 3.84. The van der Waals surface area contributed by atoms with Crippen molar-refractivity contribution in [2.45, 2.75) is 38.1 Å². The monoisotopic (exact) mass is 311 g/mol. The summed E-state index contributed by atoms with van der Waals surface area (Å²) in [5, 5.41) is 5.84. The summed E-state index contributed by atoms with van der Waals surface area (Å²) in [6.45, 7) is 0. The van der Waals surface area contributed by atoms with E-state index >= 15 is 0 Å². The van der Waals surface area contributed by atoms with Gasteiger partial charge in [0.05, 0.1) is 5.69 Å². The molecule has 1 fully saturated rings. The van der Waals surface area contributed by atoms with E-state index in [1.165, 1.54) is 19.3 Å². The minimum absolute atomic E-state index is 0.146. The number of hydrogen-bond donors (Lipinski definition) is 3. The van der Waals surface area contributed by atoms with E-state index in [1.807, 2.05) is 0 Å². The molecule has 5 heteroatoms. The van der Waals surface area contributed by atoms with Gasteiger partial charge in [0.15, 0.2) is 0 Å². The fourth-order valence-corrected chi connectivity index (χ4v) is 2.72. The number of nitrogen functional groups attached to an aromatic ring is 1. The van der Waals surface area contributed by atoms with Crippen LogP contribution in [0.25, 0.3) is 0 Å². The Kier molecular flexibility index (Phi) is 4.47. The first kappa shape index (κ1) is 13.2. The van der Waals surface area contributed by atoms with Crippen molar-refractivity contribution in [3.63, 3.8) is 0 Å². The number of urea groups is 1. The van der Waals surface area contributed by atoms with Gasteiger partial charge in [0.2, 0.25) is 0 Å². The highest BCUT2D eigenvalue weighted by molar-refractivity contribution is 9.10. The van der Waals surface area contributed by atoms with Gasteiger partial charge in [0, 0.05) is 16.2 Å². The normalized spacial score (nSPS) is 16.3. The number of carbonyl (C=O) groups is 1. The number of rotatable bonds is 2. The van der Waals surface area contributed by atoms with Crippen molar-refractivity contribution in [2.24, 2.45) is 0 Å². The van der Waals surface area contributed by atoms with Crippen LogP contribution in [0.2, 0.25) is 0 Å². The van der Waals surface area contributed by atoms with Crippen LogP contribution in [-0.4, -0.2) is 12.1 Å². The van der Waals surface area contributed by atoms with Crippen LogP contribution < -0.4 is 16.4 Å². The van der Waals surface area contributed by atoms with E-state index in [1.54, 1.807) is 18.2 Å². The van der Waals surface area contributed by atoms with Gasteiger partial charge in [-0.3, -0.25) is 0 Å². The smallest absolute Gasteiger partial charge is 0.319 e. The van der Waals surface area contributed by atoms with Crippen LogP contribution in [0.3, 0.4) is 0 Å². The number of halogens is 1. The maximum atomic E-state index is 11.8. The van der Waals surface area contributed by atoms with Crippen molar-refractivity contribution in [2.75, 3.05) is 11.1 Å². The van der Waals surface area contributed by atoms with E-state index in [0.717, 1.165) is 23.0 Å². The van der Waals surface area contributed by atoms with Gasteiger partial charge in [-0.2, -0.15) is 0 Å². The molecular weight excluding hydrogens is 294 g/mol. The molecule has 1 aromatic rings. The second kappa shape index (κ2) is 6.09. The van der Waals surface area contributed by atoms with Crippen molar-refractivity contribution < 1.29 is 4.79 Å². The molecule has 0 spiro atoms. The Hall–Kier alpha value is -1.23. The van der Waals surface area contributed by atoms with Gasteiger partial charge in [-0.25, -0.2) is 4.79 Å². The summed E-state index contributed by atoms with van der Waals surface area (Å²) in [6, 6.07) is 5.50. The summed E-state index contributed by atoms with van der Waals surface area (Å²) < 4.78 is 0.793. The van der Waals surface area contributed by atoms with Gasteiger partial charge in [0.1, 0.15) is 0 Å². The van der Waals surface area contributed by atoms with Gasteiger partial charge in [-0.05, 0) is 47.0 Å². The predicted octanol–water partition coefficient (Wildman–Crippen LogP) is 3.49. The number of hydrogen-bond acceptors (Lipinski definition) is 2. The number of benzene rings is 1. The van der Waals surface area contributed by atoms with Crippen molar-refractivity contribution in [1.29, 1.82) is 0 Å². The molecule has 18 heavy (non-hydrogen) atoms. The van der Waals surface area contributed by atoms with E-state index in [-0.39, 0.29) is 6.03 Å². The highest BCUT2D eigenvalue weighted by Crippen LogP contribution is 2.24. The summed E-state index contributed by atoms with van der Waals surface area (Å²) in [6.07, 6.45) is 5.85. The largest absolute Gasteiger partial charge is 0.399 e. The van der Waals surface area contributed by atoms with Crippen LogP contribution in [0.15, 0.2) is 22.7 Å². The first-order valence-corrected chi connectivity index (χ1v) is 7.07. The molecule has 1 aliphatic carbocycles. The highest BCUT2D eigenvalue weighted by Gasteiger charge is 2.15. The zero-order chi connectivity index (χ0) is 13.0. The third kappa shape index (κ3) is 3.63. The van der Waals surface area contributed by atoms with E-state index in [0.29, 0.717) is 11.7 Å². The van der Waals surface area contributed by atoms with Crippen LogP contribution in [0.4, 0.5) is 16.2 Å². The molecule has 98 valence electrons. The summed E-state index contributed by atoms with van der Waals surface area (Å²) in [5.74, 6) is 0. The van der Waals surface area contributed by atoms with Crippen LogP contribution in [-0.2, 0) is 0 Å². The molecule has 0 aliphatic heterocycles. The SMILES string of the molecule is Nc1ccc(NC(=O)NC2CCCCC2)c(Br)c1. The topological polar surface area (TPSA) is 67.1 Å². The molecule has 0 radical (unpaired) electrons. The Morgan fingerprint density at radius 2 is 2.00 bits per heavy atom. The number of nitrogens with one attached hydrogen (secondary N) is 2. The molecule has 4 N–H and O–H groups in total. The van der Waals surface area contributed by atoms with Gasteiger partial charge in [-0.1, -0.05) is 19.3 Å². The third-order valence-electron chi connectivity index (χ3n) is 3.18. The predicted molar refractivity (Wildman–Crippen MR) is 77.6 cm³/mol. The Labute approximate surface area is 115 Å². The molecule has 0 heterocycles. The average Bonchev–Trinajstić information content (AvgIpc) is 2.34. The van der Waals surface area contributed by atoms with E-state index < -0.39 is 0 Å². The van der Waals surface area contributed by atoms with Crippen LogP contribution in [0.1, 0.15) is 32.1 Å². The first-order valence-electron chi connectivity index (χ1n) is 6.27. The summed E-state index contributed by atoms with van der Waals surface area (Å²) >= 11 is 3.38. The molecule has 1 aliphatic rings. The minimum Gasteiger partial charge on any atom is -0.399 e. The fraction of sp³-hybridized carbons (Fsp3) is 0.462. The molecule has 0 aromatic heterocycles. The molecule has 0 unspecified atom stereocenters. The lowest BCUT2D eigenvalue weighted by molar-refractivity contribution is 0.244. The van der Waals surface area contributed by atoms with Crippen LogP contribution in [0, 0.1) is 0 Å². The number of carbonyl (C=O) groups excluding carboxylic acids is 1. The lowest BCUT2D eigenvalue weighted by Gasteiger charge is -2.23. The molecule has 2 amide bonds. The van der Waals surface area contributed by atoms with Crippen molar-refractivity contribution in [3.05, 3.63) is 22.7 Å². The summed E-state index contributed by atoms with van der Waals surface area (Å²) in [7, 11) is 0. The maximum Gasteiger partial charge on any atom is 0.319 e. The van der Waals surface area contributed by atoms with Gasteiger partial charge in [0.25, 0.3) is 0 Å². The zero-order valence-corrected chi connectivity index (χ0v) is 11.8. The summed E-state index contributed by atoms with van der Waals surface area (Å²) in [5.41, 5.74) is 7.05. The molecule has 2 rings (SSSR count). The van der Waals surface area contributed by atoms with E-state index in [9.17, 15) is 4.79 Å². The lowest BCUT2D eigenvalue weighted by atomic mass is 9.96. The second-order valence-electron chi connectivity index (χ2n) is 4.67. The fourth-order valence-electron chi connectivity index (χ4n) is 2.22. The molecule has 0 atom stereocenters. The Morgan fingerprint density at radius 3 is 2.67 bits per heavy atom. The summed E-state index contributed by atoms with van der Waals surface area (Å²) in [4.78, 5) is 11.8. The van der Waals surface area contributed by atoms with Crippen molar-refractivity contribution >= 4 is 33.3 Å². The number of amides is 2. The molecule has 0 saturated heterocycles. The van der Waals surface area contributed by atoms with E-state index in [2.05, 4.69) is 26.6 Å². The van der Waals surface area contributed by atoms with E-state index in [4.69, 9.17) is 5.73 Å². The van der Waals surface area contributed by atoms with Crippen molar-refractivity contribution in [1.82, 2.24) is 5.32 Å². The van der Waals surface area contributed by atoms with Crippen LogP contribution >= 0.6 is 15.9 Å².